The van der Waals surface area contributed by atoms with Crippen LogP contribution in [0.4, 0.5) is 4.79 Å². The predicted molar refractivity (Wildman–Crippen MR) is 84.7 cm³/mol. The maximum Gasteiger partial charge on any atom is 0.408 e. The fourth-order valence-electron chi connectivity index (χ4n) is 2.90. The Bertz CT molecular complexity index is 659. The quantitative estimate of drug-likeness (QED) is 0.831. The molecule has 1 N–H and O–H groups in total. The van der Waals surface area contributed by atoms with E-state index in [9.17, 15) is 14.4 Å². The van der Waals surface area contributed by atoms with Crippen molar-refractivity contribution in [1.29, 1.82) is 0 Å². The van der Waals surface area contributed by atoms with E-state index in [0.29, 0.717) is 11.1 Å². The van der Waals surface area contributed by atoms with Crippen LogP contribution in [0.2, 0.25) is 0 Å². The molecule has 0 saturated carbocycles. The number of fused-ring (bicyclic) bond motifs is 1. The van der Waals surface area contributed by atoms with E-state index in [0.717, 1.165) is 0 Å². The minimum Gasteiger partial charge on any atom is -0.444 e. The van der Waals surface area contributed by atoms with Crippen LogP contribution in [-0.4, -0.2) is 53.7 Å². The Morgan fingerprint density at radius 1 is 1.17 bits per heavy atom. The van der Waals surface area contributed by atoms with Crippen LogP contribution in [0.5, 0.6) is 0 Å². The summed E-state index contributed by atoms with van der Waals surface area (Å²) in [5.74, 6) is -0.718. The minimum absolute atomic E-state index is 0.186. The van der Waals surface area contributed by atoms with E-state index >= 15 is 0 Å². The second-order valence-corrected chi connectivity index (χ2v) is 6.88. The van der Waals surface area contributed by atoms with Crippen molar-refractivity contribution in [2.24, 2.45) is 0 Å². The SMILES string of the molecule is CC(C)(C)OC(=O)N[C@H]1COCC1N1C(=O)c2ccccc2C1=O. The van der Waals surface area contributed by atoms with Crippen molar-refractivity contribution in [3.05, 3.63) is 35.4 Å². The van der Waals surface area contributed by atoms with E-state index in [4.69, 9.17) is 9.47 Å². The van der Waals surface area contributed by atoms with Crippen LogP contribution < -0.4 is 5.32 Å². The monoisotopic (exact) mass is 332 g/mol. The van der Waals surface area contributed by atoms with Gasteiger partial charge in [0.15, 0.2) is 0 Å². The highest BCUT2D eigenvalue weighted by atomic mass is 16.6. The summed E-state index contributed by atoms with van der Waals surface area (Å²) < 4.78 is 10.6. The van der Waals surface area contributed by atoms with Crippen LogP contribution in [0.15, 0.2) is 24.3 Å². The summed E-state index contributed by atoms with van der Waals surface area (Å²) in [5.41, 5.74) is 0.130. The zero-order chi connectivity index (χ0) is 17.5. The molecule has 1 aromatic carbocycles. The van der Waals surface area contributed by atoms with Crippen LogP contribution in [0.3, 0.4) is 0 Å². The van der Waals surface area contributed by atoms with Gasteiger partial charge in [-0.2, -0.15) is 0 Å². The summed E-state index contributed by atoms with van der Waals surface area (Å²) in [7, 11) is 0. The van der Waals surface area contributed by atoms with Crippen LogP contribution in [0, 0.1) is 0 Å². The van der Waals surface area contributed by atoms with Gasteiger partial charge in [0.1, 0.15) is 5.60 Å². The Balaban J connectivity index is 1.76. The number of carbonyl (C=O) groups excluding carboxylic acids is 3. The second kappa shape index (κ2) is 5.90. The normalized spacial score (nSPS) is 23.4. The topological polar surface area (TPSA) is 84.9 Å². The molecule has 24 heavy (non-hydrogen) atoms. The van der Waals surface area contributed by atoms with E-state index in [1.807, 2.05) is 0 Å². The van der Waals surface area contributed by atoms with Crippen molar-refractivity contribution in [2.75, 3.05) is 13.2 Å². The van der Waals surface area contributed by atoms with Crippen LogP contribution in [0.1, 0.15) is 41.5 Å². The van der Waals surface area contributed by atoms with Crippen LogP contribution in [0.25, 0.3) is 0 Å². The van der Waals surface area contributed by atoms with E-state index in [-0.39, 0.29) is 25.0 Å². The summed E-state index contributed by atoms with van der Waals surface area (Å²) in [6, 6.07) is 5.64. The third-order valence-corrected chi connectivity index (χ3v) is 3.91. The average molecular weight is 332 g/mol. The summed E-state index contributed by atoms with van der Waals surface area (Å²) in [6.45, 7) is 5.70. The van der Waals surface area contributed by atoms with Crippen molar-refractivity contribution >= 4 is 17.9 Å². The Labute approximate surface area is 139 Å². The maximum atomic E-state index is 12.6. The Morgan fingerprint density at radius 3 is 2.29 bits per heavy atom. The van der Waals surface area contributed by atoms with E-state index in [1.54, 1.807) is 45.0 Å². The largest absolute Gasteiger partial charge is 0.444 e. The Kier molecular flexibility index (Phi) is 4.04. The van der Waals surface area contributed by atoms with Gasteiger partial charge < -0.3 is 14.8 Å². The number of nitrogens with one attached hydrogen (secondary N) is 1. The molecular formula is C17H20N2O5. The lowest BCUT2D eigenvalue weighted by Gasteiger charge is -2.28. The van der Waals surface area contributed by atoms with Crippen molar-refractivity contribution in [3.63, 3.8) is 0 Å². The third kappa shape index (κ3) is 2.99. The summed E-state index contributed by atoms with van der Waals surface area (Å²) in [5, 5.41) is 2.70. The average Bonchev–Trinajstić information content (AvgIpc) is 3.01. The molecule has 1 fully saturated rings. The number of nitrogens with zero attached hydrogens (tertiary/aromatic N) is 1. The van der Waals surface area contributed by atoms with Gasteiger partial charge >= 0.3 is 6.09 Å². The summed E-state index contributed by atoms with van der Waals surface area (Å²) in [4.78, 5) is 38.3. The molecule has 1 saturated heterocycles. The number of carbonyl (C=O) groups is 3. The van der Waals surface area contributed by atoms with Gasteiger partial charge in [0.25, 0.3) is 11.8 Å². The lowest BCUT2D eigenvalue weighted by Crippen LogP contribution is -2.53. The third-order valence-electron chi connectivity index (χ3n) is 3.91. The zero-order valence-electron chi connectivity index (χ0n) is 13.9. The number of hydrogen-bond acceptors (Lipinski definition) is 5. The van der Waals surface area contributed by atoms with E-state index in [1.165, 1.54) is 4.90 Å². The molecule has 2 atom stereocenters. The van der Waals surface area contributed by atoms with Gasteiger partial charge in [0.05, 0.1) is 36.4 Å². The molecule has 0 bridgehead atoms. The number of imide groups is 1. The van der Waals surface area contributed by atoms with E-state index in [2.05, 4.69) is 5.32 Å². The summed E-state index contributed by atoms with van der Waals surface area (Å²) in [6.07, 6.45) is -0.598. The molecular weight excluding hydrogens is 312 g/mol. The van der Waals surface area contributed by atoms with Gasteiger partial charge in [-0.25, -0.2) is 4.79 Å². The van der Waals surface area contributed by atoms with Crippen LogP contribution >= 0.6 is 0 Å². The highest BCUT2D eigenvalue weighted by molar-refractivity contribution is 6.21. The Hall–Kier alpha value is -2.41. The van der Waals surface area contributed by atoms with Crippen molar-refractivity contribution in [1.82, 2.24) is 10.2 Å². The number of amides is 3. The number of ether oxygens (including phenoxy) is 2. The first-order valence-corrected chi connectivity index (χ1v) is 7.82. The molecule has 7 heteroatoms. The van der Waals surface area contributed by atoms with Gasteiger partial charge in [-0.05, 0) is 32.9 Å². The molecule has 3 amide bonds. The number of benzene rings is 1. The number of rotatable bonds is 2. The fourth-order valence-corrected chi connectivity index (χ4v) is 2.90. The molecule has 2 aliphatic rings. The molecule has 1 unspecified atom stereocenters. The number of alkyl carbamates (subject to hydrolysis) is 1. The first kappa shape index (κ1) is 16.4. The lowest BCUT2D eigenvalue weighted by molar-refractivity contribution is 0.0442. The fraction of sp³-hybridized carbons (Fsp3) is 0.471. The first-order valence-electron chi connectivity index (χ1n) is 7.82. The van der Waals surface area contributed by atoms with Crippen molar-refractivity contribution in [2.45, 2.75) is 38.5 Å². The standard InChI is InChI=1S/C17H20N2O5/c1-17(2,3)24-16(22)18-12-8-23-9-13(12)19-14(20)10-6-4-5-7-11(10)15(19)21/h4-7,12-13H,8-9H2,1-3H3,(H,18,22)/t12-,13?/m0/s1. The molecule has 128 valence electrons. The van der Waals surface area contributed by atoms with Crippen molar-refractivity contribution in [3.8, 4) is 0 Å². The molecule has 3 rings (SSSR count). The zero-order valence-corrected chi connectivity index (χ0v) is 13.9. The molecule has 1 aromatic rings. The molecule has 0 radical (unpaired) electrons. The molecule has 0 aliphatic carbocycles. The smallest absolute Gasteiger partial charge is 0.408 e. The van der Waals surface area contributed by atoms with Gasteiger partial charge in [-0.3, -0.25) is 14.5 Å². The van der Waals surface area contributed by atoms with Gasteiger partial charge in [-0.1, -0.05) is 12.1 Å². The van der Waals surface area contributed by atoms with Gasteiger partial charge in [0, 0.05) is 0 Å². The molecule has 2 aliphatic heterocycles. The predicted octanol–water partition coefficient (Wildman–Crippen LogP) is 1.57. The highest BCUT2D eigenvalue weighted by Crippen LogP contribution is 2.27. The Morgan fingerprint density at radius 2 is 1.75 bits per heavy atom. The second-order valence-electron chi connectivity index (χ2n) is 6.88. The number of hydrogen-bond donors (Lipinski definition) is 1. The molecule has 2 heterocycles. The molecule has 0 spiro atoms. The minimum atomic E-state index is -0.630. The molecule has 7 nitrogen and oxygen atoms in total. The lowest BCUT2D eigenvalue weighted by atomic mass is 10.1. The summed E-state index contributed by atoms with van der Waals surface area (Å²) >= 11 is 0. The first-order chi connectivity index (χ1) is 11.3. The van der Waals surface area contributed by atoms with Gasteiger partial charge in [-0.15, -0.1) is 0 Å². The van der Waals surface area contributed by atoms with E-state index < -0.39 is 23.8 Å². The highest BCUT2D eigenvalue weighted by Gasteiger charge is 2.45. The van der Waals surface area contributed by atoms with Crippen LogP contribution in [-0.2, 0) is 9.47 Å². The molecule has 0 aromatic heterocycles. The van der Waals surface area contributed by atoms with Gasteiger partial charge in [0.2, 0.25) is 0 Å². The maximum absolute atomic E-state index is 12.6. The van der Waals surface area contributed by atoms with Crippen molar-refractivity contribution < 1.29 is 23.9 Å².